The van der Waals surface area contributed by atoms with E-state index in [-0.39, 0.29) is 34.8 Å². The Morgan fingerprint density at radius 2 is 1.84 bits per heavy atom. The van der Waals surface area contributed by atoms with Crippen molar-refractivity contribution in [2.75, 3.05) is 18.6 Å². The zero-order valence-corrected chi connectivity index (χ0v) is 21.5. The second-order valence-corrected chi connectivity index (χ2v) is 9.51. The van der Waals surface area contributed by atoms with Crippen molar-refractivity contribution in [1.29, 1.82) is 0 Å². The predicted octanol–water partition coefficient (Wildman–Crippen LogP) is 4.70. The van der Waals surface area contributed by atoms with Crippen molar-refractivity contribution in [3.8, 4) is 0 Å². The largest absolute Gasteiger partial charge is 0.465 e. The van der Waals surface area contributed by atoms with Crippen LogP contribution in [0.15, 0.2) is 54.1 Å². The number of nitrogens with zero attached hydrogens (tertiary/aromatic N) is 3. The van der Waals surface area contributed by atoms with Crippen LogP contribution >= 0.6 is 11.6 Å². The van der Waals surface area contributed by atoms with Gasteiger partial charge in [0, 0.05) is 18.2 Å². The molecule has 1 unspecified atom stereocenters. The van der Waals surface area contributed by atoms with E-state index in [0.29, 0.717) is 6.42 Å². The van der Waals surface area contributed by atoms with Crippen molar-refractivity contribution in [1.82, 2.24) is 4.90 Å². The number of hydrogen-bond acceptors (Lipinski definition) is 7. The lowest BCUT2D eigenvalue weighted by Crippen LogP contribution is -2.46. The number of nitro groups is 1. The molecule has 2 aromatic rings. The van der Waals surface area contributed by atoms with Gasteiger partial charge in [-0.15, -0.1) is 0 Å². The molecule has 1 aliphatic heterocycles. The predicted molar refractivity (Wildman–Crippen MR) is 139 cm³/mol. The maximum absolute atomic E-state index is 13.6. The molecule has 2 aromatic carbocycles. The number of ether oxygens (including phenoxy) is 1. The van der Waals surface area contributed by atoms with E-state index in [9.17, 15) is 29.3 Å². The van der Waals surface area contributed by atoms with Crippen LogP contribution in [0.5, 0.6) is 0 Å². The van der Waals surface area contributed by atoms with Gasteiger partial charge in [-0.05, 0) is 68.5 Å². The Hall–Kier alpha value is -4.05. The molecule has 4 rings (SSSR count). The maximum atomic E-state index is 13.6. The molecular weight excluding hydrogens is 514 g/mol. The van der Waals surface area contributed by atoms with Gasteiger partial charge in [0.15, 0.2) is 0 Å². The third-order valence-electron chi connectivity index (χ3n) is 6.76. The zero-order valence-electron chi connectivity index (χ0n) is 20.7. The summed E-state index contributed by atoms with van der Waals surface area (Å²) in [6.45, 7) is 0.167. The number of hydrogen-bond donors (Lipinski definition) is 0. The molecule has 0 aromatic heterocycles. The Bertz CT molecular complexity index is 1320. The quantitative estimate of drug-likeness (QED) is 0.156. The second kappa shape index (κ2) is 11.6. The summed E-state index contributed by atoms with van der Waals surface area (Å²) in [6, 6.07) is 8.45. The van der Waals surface area contributed by atoms with Crippen LogP contribution in [0.4, 0.5) is 11.4 Å². The van der Waals surface area contributed by atoms with E-state index in [1.165, 1.54) is 54.0 Å². The minimum Gasteiger partial charge on any atom is -0.465 e. The summed E-state index contributed by atoms with van der Waals surface area (Å²) in [6.07, 6.45) is 6.40. The van der Waals surface area contributed by atoms with E-state index >= 15 is 0 Å². The topological polar surface area (TPSA) is 127 Å². The van der Waals surface area contributed by atoms with Gasteiger partial charge < -0.3 is 9.64 Å². The summed E-state index contributed by atoms with van der Waals surface area (Å²) in [4.78, 5) is 64.9. The van der Waals surface area contributed by atoms with Crippen LogP contribution in [0.2, 0.25) is 5.02 Å². The highest BCUT2D eigenvalue weighted by atomic mass is 35.5. The first-order valence-corrected chi connectivity index (χ1v) is 12.6. The van der Waals surface area contributed by atoms with Gasteiger partial charge in [0.1, 0.15) is 11.1 Å². The summed E-state index contributed by atoms with van der Waals surface area (Å²) in [5.41, 5.74) is 1.27. The summed E-state index contributed by atoms with van der Waals surface area (Å²) in [5, 5.41) is 11.3. The van der Waals surface area contributed by atoms with E-state index in [2.05, 4.69) is 10.8 Å². The van der Waals surface area contributed by atoms with Crippen LogP contribution < -0.4 is 4.90 Å². The molecule has 198 valence electrons. The first-order chi connectivity index (χ1) is 18.2. The molecule has 38 heavy (non-hydrogen) atoms. The number of amides is 3. The molecule has 0 radical (unpaired) electrons. The highest BCUT2D eigenvalue weighted by molar-refractivity contribution is 6.32. The lowest BCUT2D eigenvalue weighted by atomic mass is 9.96. The first-order valence-electron chi connectivity index (χ1n) is 12.2. The smallest absolute Gasteiger partial charge is 0.337 e. The van der Waals surface area contributed by atoms with Crippen LogP contribution in [0.1, 0.15) is 59.2 Å². The number of methoxy groups -OCH3 is 1. The van der Waals surface area contributed by atoms with Gasteiger partial charge in [-0.2, -0.15) is 0 Å². The number of anilines is 1. The second-order valence-electron chi connectivity index (χ2n) is 9.11. The van der Waals surface area contributed by atoms with Crippen LogP contribution in [-0.4, -0.2) is 53.2 Å². The Morgan fingerprint density at radius 3 is 2.47 bits per heavy atom. The van der Waals surface area contributed by atoms with Crippen molar-refractivity contribution < 1.29 is 28.8 Å². The number of benzene rings is 2. The van der Waals surface area contributed by atoms with Crippen LogP contribution in [0, 0.1) is 10.1 Å². The van der Waals surface area contributed by atoms with E-state index in [4.69, 9.17) is 11.6 Å². The van der Waals surface area contributed by atoms with Gasteiger partial charge in [0.25, 0.3) is 17.5 Å². The number of esters is 1. The Labute approximate surface area is 223 Å². The third-order valence-corrected chi connectivity index (χ3v) is 7.07. The molecule has 2 aliphatic rings. The van der Waals surface area contributed by atoms with Gasteiger partial charge in [-0.1, -0.05) is 23.3 Å². The Kier molecular flexibility index (Phi) is 8.21. The van der Waals surface area contributed by atoms with Crippen LogP contribution in [0.3, 0.4) is 0 Å². The number of nitro benzene ring substituents is 1. The number of carbonyl (C=O) groups is 4. The zero-order chi connectivity index (χ0) is 27.4. The molecule has 1 saturated heterocycles. The highest BCUT2D eigenvalue weighted by Crippen LogP contribution is 2.30. The lowest BCUT2D eigenvalue weighted by Gasteiger charge is -2.28. The molecule has 11 heteroatoms. The summed E-state index contributed by atoms with van der Waals surface area (Å²) < 4.78 is 4.68. The molecule has 3 amide bonds. The number of halogens is 1. The Balaban J connectivity index is 1.64. The minimum absolute atomic E-state index is 0.000135. The molecule has 10 nitrogen and oxygen atoms in total. The SMILES string of the molecule is COC(=O)c1ccc(N2C(=O)CC(N(CCC3=CCCCC3)C(=O)c3ccc(Cl)c([N+](=O)[O-])c3)C2=O)cc1. The number of rotatable bonds is 8. The van der Waals surface area contributed by atoms with E-state index < -0.39 is 40.3 Å². The normalized spacial score (nSPS) is 17.3. The fraction of sp³-hybridized carbons (Fsp3) is 0.333. The Morgan fingerprint density at radius 1 is 1.13 bits per heavy atom. The lowest BCUT2D eigenvalue weighted by molar-refractivity contribution is -0.384. The fourth-order valence-electron chi connectivity index (χ4n) is 4.74. The maximum Gasteiger partial charge on any atom is 0.337 e. The van der Waals surface area contributed by atoms with E-state index in [1.807, 2.05) is 0 Å². The average Bonchev–Trinajstić information content (AvgIpc) is 3.22. The van der Waals surface area contributed by atoms with Gasteiger partial charge >= 0.3 is 5.97 Å². The van der Waals surface area contributed by atoms with Crippen molar-refractivity contribution in [2.24, 2.45) is 0 Å². The number of imide groups is 1. The van der Waals surface area contributed by atoms with Gasteiger partial charge in [0.05, 0.1) is 29.7 Å². The van der Waals surface area contributed by atoms with Crippen LogP contribution in [-0.2, 0) is 14.3 Å². The van der Waals surface area contributed by atoms with Crippen LogP contribution in [0.25, 0.3) is 0 Å². The number of allylic oxidation sites excluding steroid dienone is 1. The summed E-state index contributed by atoms with van der Waals surface area (Å²) in [5.74, 6) is -2.24. The van der Waals surface area contributed by atoms with Crippen molar-refractivity contribution >= 4 is 46.7 Å². The molecule has 1 aliphatic carbocycles. The monoisotopic (exact) mass is 539 g/mol. The standard InChI is InChI=1S/C27H26ClN3O7/c1-38-27(35)18-7-10-20(11-8-18)30-24(32)16-23(26(30)34)29(14-13-17-5-3-2-4-6-17)25(33)19-9-12-21(28)22(15-19)31(36)37/h5,7-12,15,23H,2-4,6,13-14,16H2,1H3. The number of carbonyl (C=O) groups excluding carboxylic acids is 4. The van der Waals surface area contributed by atoms with Gasteiger partial charge in [0.2, 0.25) is 5.91 Å². The molecule has 0 spiro atoms. The third kappa shape index (κ3) is 5.60. The fourth-order valence-corrected chi connectivity index (χ4v) is 4.93. The highest BCUT2D eigenvalue weighted by Gasteiger charge is 2.44. The van der Waals surface area contributed by atoms with Crippen molar-refractivity contribution in [3.63, 3.8) is 0 Å². The van der Waals surface area contributed by atoms with Crippen molar-refractivity contribution in [3.05, 3.63) is 80.4 Å². The molecular formula is C27H26ClN3O7. The molecule has 0 N–H and O–H groups in total. The van der Waals surface area contributed by atoms with Crippen molar-refractivity contribution in [2.45, 2.75) is 44.6 Å². The molecule has 0 saturated carbocycles. The van der Waals surface area contributed by atoms with Gasteiger partial charge in [-0.25, -0.2) is 9.69 Å². The summed E-state index contributed by atoms with van der Waals surface area (Å²) in [7, 11) is 1.25. The minimum atomic E-state index is -1.09. The van der Waals surface area contributed by atoms with E-state index in [0.717, 1.165) is 36.6 Å². The summed E-state index contributed by atoms with van der Waals surface area (Å²) >= 11 is 5.93. The van der Waals surface area contributed by atoms with E-state index in [1.54, 1.807) is 0 Å². The molecule has 0 bridgehead atoms. The average molecular weight is 540 g/mol. The van der Waals surface area contributed by atoms with Gasteiger partial charge in [-0.3, -0.25) is 24.5 Å². The molecule has 1 heterocycles. The molecule has 1 fully saturated rings. The first kappa shape index (κ1) is 27.0. The molecule has 1 atom stereocenters.